The number of carbonyl (C=O) groups is 2. The van der Waals surface area contributed by atoms with Crippen LogP contribution < -0.4 is 14.2 Å². The second-order valence-electron chi connectivity index (χ2n) is 5.72. The van der Waals surface area contributed by atoms with Crippen LogP contribution in [0.15, 0.2) is 41.3 Å². The first-order valence-corrected chi connectivity index (χ1v) is 10.1. The Kier molecular flexibility index (Phi) is 7.30. The third-order valence-electron chi connectivity index (χ3n) is 3.82. The molecule has 0 radical (unpaired) electrons. The molecule has 0 saturated carbocycles. The van der Waals surface area contributed by atoms with Gasteiger partial charge in [0.15, 0.2) is 11.5 Å². The lowest BCUT2D eigenvalue weighted by Gasteiger charge is -2.16. The third kappa shape index (κ3) is 5.22. The molecule has 0 aromatic heterocycles. The number of rotatable bonds is 8. The molecule has 2 rings (SSSR count). The average Bonchev–Trinajstić information content (AvgIpc) is 2.71. The van der Waals surface area contributed by atoms with Crippen LogP contribution in [-0.4, -0.2) is 46.8 Å². The molecule has 0 aliphatic rings. The molecule has 2 aromatic carbocycles. The summed E-state index contributed by atoms with van der Waals surface area (Å²) in [5.74, 6) is -1.91. The fourth-order valence-electron chi connectivity index (χ4n) is 2.44. The first-order chi connectivity index (χ1) is 14.1. The maximum absolute atomic E-state index is 13.0. The number of halogens is 1. The summed E-state index contributed by atoms with van der Waals surface area (Å²) in [5.41, 5.74) is 0.0326. The highest BCUT2D eigenvalue weighted by Gasteiger charge is 2.24. The van der Waals surface area contributed by atoms with E-state index >= 15 is 0 Å². The number of hydrogen-bond acceptors (Lipinski definition) is 7. The van der Waals surface area contributed by atoms with Crippen LogP contribution in [0.1, 0.15) is 15.9 Å². The minimum absolute atomic E-state index is 0.0201. The molecule has 0 saturated heterocycles. The van der Waals surface area contributed by atoms with Crippen molar-refractivity contribution in [3.63, 3.8) is 0 Å². The number of aromatic carboxylic acids is 1. The smallest absolute Gasteiger partial charge is 0.337 e. The summed E-state index contributed by atoms with van der Waals surface area (Å²) >= 11 is 5.82. The fraction of sp³-hybridized carbons (Fsp3) is 0.158. The standard InChI is InChI=1S/C19H18ClNO8S/c1-27-15-8-11(4-7-17(22)28-2)9-16(18(15)29-3)30(25,26)21-12-5-6-14(20)13(10-12)19(23)24/h4-10,21H,1-3H3,(H,23,24)/b7-4+. The Labute approximate surface area is 177 Å². The van der Waals surface area contributed by atoms with Gasteiger partial charge >= 0.3 is 11.9 Å². The lowest BCUT2D eigenvalue weighted by molar-refractivity contribution is -0.134. The van der Waals surface area contributed by atoms with Crippen LogP contribution in [0, 0.1) is 0 Å². The van der Waals surface area contributed by atoms with E-state index in [0.29, 0.717) is 5.56 Å². The van der Waals surface area contributed by atoms with Gasteiger partial charge in [0.05, 0.1) is 31.9 Å². The first kappa shape index (κ1) is 23.0. The average molecular weight is 456 g/mol. The van der Waals surface area contributed by atoms with Crippen molar-refractivity contribution in [3.05, 3.63) is 52.6 Å². The van der Waals surface area contributed by atoms with Gasteiger partial charge in [-0.25, -0.2) is 18.0 Å². The topological polar surface area (TPSA) is 128 Å². The highest BCUT2D eigenvalue weighted by atomic mass is 35.5. The molecule has 0 aliphatic carbocycles. The maximum Gasteiger partial charge on any atom is 0.337 e. The van der Waals surface area contributed by atoms with Gasteiger partial charge in [0.25, 0.3) is 10.0 Å². The van der Waals surface area contributed by atoms with Crippen molar-refractivity contribution in [1.82, 2.24) is 0 Å². The molecule has 0 unspecified atom stereocenters. The molecule has 0 heterocycles. The summed E-state index contributed by atoms with van der Waals surface area (Å²) in [4.78, 5) is 22.3. The highest BCUT2D eigenvalue weighted by molar-refractivity contribution is 7.92. The molecule has 0 bridgehead atoms. The molecule has 0 spiro atoms. The van der Waals surface area contributed by atoms with Gasteiger partial charge in [-0.1, -0.05) is 11.6 Å². The number of carboxylic acids is 1. The molecule has 11 heteroatoms. The van der Waals surface area contributed by atoms with Gasteiger partial charge in [0.2, 0.25) is 0 Å². The van der Waals surface area contributed by atoms with E-state index < -0.39 is 22.0 Å². The van der Waals surface area contributed by atoms with Gasteiger partial charge in [0, 0.05) is 11.8 Å². The molecule has 2 N–H and O–H groups in total. The normalized spacial score (nSPS) is 11.2. The van der Waals surface area contributed by atoms with E-state index in [-0.39, 0.29) is 32.7 Å². The van der Waals surface area contributed by atoms with Gasteiger partial charge in [-0.2, -0.15) is 0 Å². The minimum Gasteiger partial charge on any atom is -0.493 e. The Balaban J connectivity index is 2.56. The maximum atomic E-state index is 13.0. The predicted molar refractivity (Wildman–Crippen MR) is 110 cm³/mol. The van der Waals surface area contributed by atoms with E-state index in [9.17, 15) is 23.1 Å². The molecular formula is C19H18ClNO8S. The number of carbonyl (C=O) groups excluding carboxylic acids is 1. The Morgan fingerprint density at radius 2 is 1.80 bits per heavy atom. The summed E-state index contributed by atoms with van der Waals surface area (Å²) in [6, 6.07) is 6.40. The molecular weight excluding hydrogens is 438 g/mol. The van der Waals surface area contributed by atoms with Crippen molar-refractivity contribution in [2.45, 2.75) is 4.90 Å². The van der Waals surface area contributed by atoms with Crippen LogP contribution >= 0.6 is 11.6 Å². The second kappa shape index (κ2) is 9.51. The lowest BCUT2D eigenvalue weighted by atomic mass is 10.2. The summed E-state index contributed by atoms with van der Waals surface area (Å²) < 4.78 is 43.2. The van der Waals surface area contributed by atoms with Crippen molar-refractivity contribution >= 4 is 45.3 Å². The number of anilines is 1. The summed E-state index contributed by atoms with van der Waals surface area (Å²) in [5, 5.41) is 9.13. The monoisotopic (exact) mass is 455 g/mol. The molecule has 0 fully saturated rings. The summed E-state index contributed by atoms with van der Waals surface area (Å²) in [6.07, 6.45) is 2.46. The molecule has 2 aromatic rings. The number of ether oxygens (including phenoxy) is 3. The summed E-state index contributed by atoms with van der Waals surface area (Å²) in [6.45, 7) is 0. The van der Waals surface area contributed by atoms with E-state index in [4.69, 9.17) is 21.1 Å². The lowest BCUT2D eigenvalue weighted by Crippen LogP contribution is -2.15. The van der Waals surface area contributed by atoms with E-state index in [1.165, 1.54) is 51.7 Å². The Morgan fingerprint density at radius 1 is 1.10 bits per heavy atom. The van der Waals surface area contributed by atoms with Crippen LogP contribution in [0.2, 0.25) is 5.02 Å². The van der Waals surface area contributed by atoms with Crippen LogP contribution in [0.5, 0.6) is 11.5 Å². The number of carboxylic acid groups (broad SMARTS) is 1. The molecule has 0 atom stereocenters. The number of benzene rings is 2. The van der Waals surface area contributed by atoms with Crippen molar-refractivity contribution in [3.8, 4) is 11.5 Å². The van der Waals surface area contributed by atoms with Crippen LogP contribution in [0.25, 0.3) is 6.08 Å². The van der Waals surface area contributed by atoms with E-state index in [0.717, 1.165) is 12.1 Å². The Bertz CT molecular complexity index is 1110. The fourth-order valence-corrected chi connectivity index (χ4v) is 3.91. The zero-order valence-electron chi connectivity index (χ0n) is 16.1. The van der Waals surface area contributed by atoms with E-state index in [1.807, 2.05) is 0 Å². The van der Waals surface area contributed by atoms with Crippen molar-refractivity contribution in [2.75, 3.05) is 26.1 Å². The van der Waals surface area contributed by atoms with Gasteiger partial charge in [0.1, 0.15) is 4.90 Å². The van der Waals surface area contributed by atoms with Crippen molar-refractivity contribution < 1.29 is 37.3 Å². The number of esters is 1. The number of sulfonamides is 1. The Morgan fingerprint density at radius 3 is 2.37 bits per heavy atom. The van der Waals surface area contributed by atoms with Crippen molar-refractivity contribution in [1.29, 1.82) is 0 Å². The second-order valence-corrected chi connectivity index (χ2v) is 7.77. The highest BCUT2D eigenvalue weighted by Crippen LogP contribution is 2.37. The van der Waals surface area contributed by atoms with Gasteiger partial charge in [-0.15, -0.1) is 0 Å². The van der Waals surface area contributed by atoms with Gasteiger partial charge in [-0.3, -0.25) is 4.72 Å². The zero-order chi connectivity index (χ0) is 22.5. The number of nitrogens with one attached hydrogen (secondary N) is 1. The number of hydrogen-bond donors (Lipinski definition) is 2. The molecule has 160 valence electrons. The quantitative estimate of drug-likeness (QED) is 0.459. The molecule has 0 amide bonds. The van der Waals surface area contributed by atoms with E-state index in [1.54, 1.807) is 0 Å². The minimum atomic E-state index is -4.25. The number of methoxy groups -OCH3 is 3. The van der Waals surface area contributed by atoms with Crippen LogP contribution in [-0.2, 0) is 19.6 Å². The SMILES string of the molecule is COC(=O)/C=C/c1cc(OC)c(OC)c(S(=O)(=O)Nc2ccc(Cl)c(C(=O)O)c2)c1. The third-order valence-corrected chi connectivity index (χ3v) is 5.53. The summed E-state index contributed by atoms with van der Waals surface area (Å²) in [7, 11) is -0.448. The van der Waals surface area contributed by atoms with Crippen LogP contribution in [0.3, 0.4) is 0 Å². The van der Waals surface area contributed by atoms with Gasteiger partial charge < -0.3 is 19.3 Å². The molecule has 30 heavy (non-hydrogen) atoms. The zero-order valence-corrected chi connectivity index (χ0v) is 17.7. The van der Waals surface area contributed by atoms with E-state index in [2.05, 4.69) is 9.46 Å². The van der Waals surface area contributed by atoms with Gasteiger partial charge in [-0.05, 0) is 42.0 Å². The molecule has 0 aliphatic heterocycles. The van der Waals surface area contributed by atoms with Crippen molar-refractivity contribution in [2.24, 2.45) is 0 Å². The largest absolute Gasteiger partial charge is 0.493 e. The Hall–Kier alpha value is -3.24. The molecule has 9 nitrogen and oxygen atoms in total. The predicted octanol–water partition coefficient (Wildman–Crippen LogP) is 3.04. The van der Waals surface area contributed by atoms with Crippen LogP contribution in [0.4, 0.5) is 5.69 Å². The first-order valence-electron chi connectivity index (χ1n) is 8.20.